The third kappa shape index (κ3) is 3.57. The van der Waals surface area contributed by atoms with Crippen LogP contribution < -0.4 is 0 Å². The average Bonchev–Trinajstić information content (AvgIpc) is 2.42. The Morgan fingerprint density at radius 3 is 2.35 bits per heavy atom. The molecule has 20 heavy (non-hydrogen) atoms. The zero-order valence-corrected chi connectivity index (χ0v) is 11.0. The van der Waals surface area contributed by atoms with E-state index >= 15 is 0 Å². The lowest BCUT2D eigenvalue weighted by Gasteiger charge is -2.11. The maximum absolute atomic E-state index is 11.2. The maximum atomic E-state index is 11.2. The first-order valence-corrected chi connectivity index (χ1v) is 6.48. The van der Waals surface area contributed by atoms with E-state index in [4.69, 9.17) is 10.2 Å². The highest BCUT2D eigenvalue weighted by Crippen LogP contribution is 2.20. The van der Waals surface area contributed by atoms with E-state index in [0.717, 1.165) is 16.3 Å². The highest BCUT2D eigenvalue weighted by Gasteiger charge is 2.19. The fraction of sp³-hybridized carbons (Fsp3) is 0.250. The van der Waals surface area contributed by atoms with E-state index in [1.54, 1.807) is 0 Å². The van der Waals surface area contributed by atoms with Crippen molar-refractivity contribution in [3.8, 4) is 0 Å². The van der Waals surface area contributed by atoms with Gasteiger partial charge in [-0.15, -0.1) is 0 Å². The summed E-state index contributed by atoms with van der Waals surface area (Å²) < 4.78 is 0. The van der Waals surface area contributed by atoms with Crippen molar-refractivity contribution in [2.75, 3.05) is 0 Å². The van der Waals surface area contributed by atoms with E-state index in [9.17, 15) is 9.59 Å². The molecule has 0 spiro atoms. The summed E-state index contributed by atoms with van der Waals surface area (Å²) in [5.74, 6) is -2.57. The van der Waals surface area contributed by atoms with Crippen LogP contribution in [0.2, 0.25) is 0 Å². The second-order valence-electron chi connectivity index (χ2n) is 4.85. The van der Waals surface area contributed by atoms with Crippen LogP contribution in [0.15, 0.2) is 42.5 Å². The molecule has 0 bridgehead atoms. The minimum absolute atomic E-state index is 0.120. The highest BCUT2D eigenvalue weighted by molar-refractivity contribution is 5.83. The predicted molar refractivity (Wildman–Crippen MR) is 75.6 cm³/mol. The van der Waals surface area contributed by atoms with Crippen molar-refractivity contribution < 1.29 is 19.8 Å². The van der Waals surface area contributed by atoms with Crippen molar-refractivity contribution in [1.29, 1.82) is 0 Å². The number of aliphatic carboxylic acids is 2. The topological polar surface area (TPSA) is 74.6 Å². The summed E-state index contributed by atoms with van der Waals surface area (Å²) in [7, 11) is 0. The van der Waals surface area contributed by atoms with Gasteiger partial charge in [0.15, 0.2) is 0 Å². The Balaban J connectivity index is 2.15. The second-order valence-corrected chi connectivity index (χ2v) is 4.85. The van der Waals surface area contributed by atoms with Gasteiger partial charge in [0.25, 0.3) is 0 Å². The highest BCUT2D eigenvalue weighted by atomic mass is 16.4. The Bertz CT molecular complexity index is 633. The van der Waals surface area contributed by atoms with E-state index in [1.807, 2.05) is 42.5 Å². The van der Waals surface area contributed by atoms with Crippen LogP contribution in [-0.4, -0.2) is 22.2 Å². The van der Waals surface area contributed by atoms with Crippen LogP contribution in [0.5, 0.6) is 0 Å². The molecule has 0 aromatic heterocycles. The first kappa shape index (κ1) is 14.1. The van der Waals surface area contributed by atoms with E-state index in [-0.39, 0.29) is 12.8 Å². The number of benzene rings is 2. The molecule has 0 saturated heterocycles. The van der Waals surface area contributed by atoms with Gasteiger partial charge < -0.3 is 10.2 Å². The van der Waals surface area contributed by atoms with Gasteiger partial charge in [0.2, 0.25) is 0 Å². The molecule has 4 nitrogen and oxygen atoms in total. The SMILES string of the molecule is O=C(O)CCC(Cc1ccc2ccccc2c1)C(=O)O. The van der Waals surface area contributed by atoms with Gasteiger partial charge in [-0.2, -0.15) is 0 Å². The zero-order valence-electron chi connectivity index (χ0n) is 11.0. The minimum atomic E-state index is -0.963. The summed E-state index contributed by atoms with van der Waals surface area (Å²) >= 11 is 0. The average molecular weight is 272 g/mol. The Kier molecular flexibility index (Phi) is 4.35. The quantitative estimate of drug-likeness (QED) is 0.847. The third-order valence-corrected chi connectivity index (χ3v) is 3.35. The number of carbonyl (C=O) groups is 2. The van der Waals surface area contributed by atoms with Crippen LogP contribution in [0.1, 0.15) is 18.4 Å². The maximum Gasteiger partial charge on any atom is 0.306 e. The molecule has 2 N–H and O–H groups in total. The molecule has 2 aromatic carbocycles. The molecule has 1 atom stereocenters. The predicted octanol–water partition coefficient (Wildman–Crippen LogP) is 2.95. The van der Waals surface area contributed by atoms with Crippen molar-refractivity contribution in [3.63, 3.8) is 0 Å². The fourth-order valence-electron chi connectivity index (χ4n) is 2.26. The molecular weight excluding hydrogens is 256 g/mol. The molecule has 0 saturated carbocycles. The lowest BCUT2D eigenvalue weighted by Crippen LogP contribution is -2.17. The van der Waals surface area contributed by atoms with Crippen molar-refractivity contribution in [1.82, 2.24) is 0 Å². The fourth-order valence-corrected chi connectivity index (χ4v) is 2.26. The molecule has 104 valence electrons. The molecule has 0 aliphatic heterocycles. The third-order valence-electron chi connectivity index (χ3n) is 3.35. The molecule has 2 rings (SSSR count). The van der Waals surface area contributed by atoms with Crippen LogP contribution in [0.3, 0.4) is 0 Å². The molecule has 0 aliphatic carbocycles. The summed E-state index contributed by atoms with van der Waals surface area (Å²) in [6.07, 6.45) is 0.384. The molecule has 0 heterocycles. The van der Waals surface area contributed by atoms with E-state index in [2.05, 4.69) is 0 Å². The molecule has 0 radical (unpaired) electrons. The summed E-state index contributed by atoms with van der Waals surface area (Å²) in [5, 5.41) is 20.0. The standard InChI is InChI=1S/C16H16O4/c17-15(18)8-7-14(16(19)20)10-11-5-6-12-3-1-2-4-13(12)9-11/h1-6,9,14H,7-8,10H2,(H,17,18)(H,19,20). The Morgan fingerprint density at radius 1 is 1.00 bits per heavy atom. The molecule has 1 unspecified atom stereocenters. The molecule has 0 amide bonds. The number of hydrogen-bond acceptors (Lipinski definition) is 2. The Labute approximate surface area is 116 Å². The van der Waals surface area contributed by atoms with E-state index < -0.39 is 17.9 Å². The van der Waals surface area contributed by atoms with Crippen LogP contribution >= 0.6 is 0 Å². The van der Waals surface area contributed by atoms with Crippen LogP contribution in [0, 0.1) is 5.92 Å². The first-order valence-electron chi connectivity index (χ1n) is 6.48. The number of carboxylic acid groups (broad SMARTS) is 2. The molecule has 4 heteroatoms. The van der Waals surface area contributed by atoms with Gasteiger partial charge >= 0.3 is 11.9 Å². The van der Waals surface area contributed by atoms with E-state index in [1.165, 1.54) is 0 Å². The summed E-state index contributed by atoms with van der Waals surface area (Å²) in [6.45, 7) is 0. The van der Waals surface area contributed by atoms with Crippen LogP contribution in [-0.2, 0) is 16.0 Å². The summed E-state index contributed by atoms with van der Waals surface area (Å²) in [5.41, 5.74) is 0.918. The van der Waals surface area contributed by atoms with Crippen LogP contribution in [0.25, 0.3) is 10.8 Å². The Morgan fingerprint density at radius 2 is 1.70 bits per heavy atom. The van der Waals surface area contributed by atoms with Crippen LogP contribution in [0.4, 0.5) is 0 Å². The van der Waals surface area contributed by atoms with Gasteiger partial charge in [-0.25, -0.2) is 0 Å². The van der Waals surface area contributed by atoms with Gasteiger partial charge in [0.1, 0.15) is 0 Å². The second kappa shape index (κ2) is 6.19. The Hall–Kier alpha value is -2.36. The lowest BCUT2D eigenvalue weighted by molar-refractivity contribution is -0.142. The van der Waals surface area contributed by atoms with Crippen molar-refractivity contribution in [2.45, 2.75) is 19.3 Å². The number of fused-ring (bicyclic) bond motifs is 1. The zero-order chi connectivity index (χ0) is 14.5. The normalized spacial score (nSPS) is 12.2. The molecule has 0 fully saturated rings. The summed E-state index contributed by atoms with van der Waals surface area (Å²) in [6, 6.07) is 13.7. The molecular formula is C16H16O4. The van der Waals surface area contributed by atoms with Gasteiger partial charge in [-0.1, -0.05) is 42.5 Å². The number of carboxylic acids is 2. The van der Waals surface area contributed by atoms with Crippen molar-refractivity contribution in [2.24, 2.45) is 5.92 Å². The van der Waals surface area contributed by atoms with Crippen molar-refractivity contribution in [3.05, 3.63) is 48.0 Å². The largest absolute Gasteiger partial charge is 0.481 e. The van der Waals surface area contributed by atoms with Crippen molar-refractivity contribution >= 4 is 22.7 Å². The first-order chi connectivity index (χ1) is 9.56. The number of hydrogen-bond donors (Lipinski definition) is 2. The minimum Gasteiger partial charge on any atom is -0.481 e. The number of rotatable bonds is 6. The molecule has 0 aliphatic rings. The van der Waals surface area contributed by atoms with Gasteiger partial charge in [-0.3, -0.25) is 9.59 Å². The van der Waals surface area contributed by atoms with Gasteiger partial charge in [0, 0.05) is 6.42 Å². The van der Waals surface area contributed by atoms with Gasteiger partial charge in [0.05, 0.1) is 5.92 Å². The summed E-state index contributed by atoms with van der Waals surface area (Å²) in [4.78, 5) is 21.7. The van der Waals surface area contributed by atoms with Gasteiger partial charge in [-0.05, 0) is 29.2 Å². The monoisotopic (exact) mass is 272 g/mol. The smallest absolute Gasteiger partial charge is 0.306 e. The molecule has 2 aromatic rings. The van der Waals surface area contributed by atoms with E-state index in [0.29, 0.717) is 6.42 Å². The lowest BCUT2D eigenvalue weighted by atomic mass is 9.93.